The molecule has 2 rings (SSSR count). The van der Waals surface area contributed by atoms with Crippen molar-refractivity contribution >= 4 is 0 Å². The van der Waals surface area contributed by atoms with Crippen molar-refractivity contribution in [3.8, 4) is 0 Å². The molecule has 0 spiro atoms. The topological polar surface area (TPSA) is 51.0 Å². The molecule has 0 bridgehead atoms. The van der Waals surface area contributed by atoms with E-state index in [1.54, 1.807) is 0 Å². The highest BCUT2D eigenvalue weighted by Crippen LogP contribution is 2.19. The average Bonchev–Trinajstić information content (AvgIpc) is 2.97. The van der Waals surface area contributed by atoms with Gasteiger partial charge >= 0.3 is 0 Å². The van der Waals surface area contributed by atoms with Gasteiger partial charge in [-0.3, -0.25) is 0 Å². The van der Waals surface area contributed by atoms with Crippen LogP contribution in [0, 0.1) is 5.92 Å². The third kappa shape index (κ3) is 3.30. The molecule has 0 radical (unpaired) electrons. The number of nitrogens with zero attached hydrogens (tertiary/aromatic N) is 2. The lowest BCUT2D eigenvalue weighted by Gasteiger charge is -2.02. The molecule has 1 aliphatic carbocycles. The minimum absolute atomic E-state index is 0.620. The lowest BCUT2D eigenvalue weighted by molar-refractivity contribution is 0.401. The highest BCUT2D eigenvalue weighted by molar-refractivity contribution is 4.87. The molecular weight excluding hydrogens is 190 g/mol. The van der Waals surface area contributed by atoms with E-state index in [0.717, 1.165) is 31.2 Å². The third-order valence-electron chi connectivity index (χ3n) is 2.85. The molecule has 15 heavy (non-hydrogen) atoms. The Balaban J connectivity index is 1.79. The lowest BCUT2D eigenvalue weighted by Crippen LogP contribution is -2.15. The smallest absolute Gasteiger partial charge is 0.230 e. The van der Waals surface area contributed by atoms with Crippen LogP contribution in [0.1, 0.15) is 44.9 Å². The van der Waals surface area contributed by atoms with Crippen LogP contribution in [0.15, 0.2) is 4.42 Å². The molecule has 1 aromatic heterocycles. The van der Waals surface area contributed by atoms with Gasteiger partial charge in [0.05, 0.1) is 6.54 Å². The van der Waals surface area contributed by atoms with Gasteiger partial charge in [-0.25, -0.2) is 0 Å². The fourth-order valence-corrected chi connectivity index (χ4v) is 1.40. The van der Waals surface area contributed by atoms with Crippen molar-refractivity contribution in [2.75, 3.05) is 0 Å². The van der Waals surface area contributed by atoms with Gasteiger partial charge in [0.15, 0.2) is 0 Å². The summed E-state index contributed by atoms with van der Waals surface area (Å²) < 4.78 is 5.55. The molecule has 0 aliphatic heterocycles. The van der Waals surface area contributed by atoms with Crippen molar-refractivity contribution in [2.45, 2.75) is 52.1 Å². The molecule has 1 saturated carbocycles. The van der Waals surface area contributed by atoms with Gasteiger partial charge in [-0.15, -0.1) is 10.2 Å². The first kappa shape index (κ1) is 10.6. The Morgan fingerprint density at radius 3 is 2.80 bits per heavy atom. The van der Waals surface area contributed by atoms with Crippen LogP contribution in [0.4, 0.5) is 0 Å². The van der Waals surface area contributed by atoms with Crippen LogP contribution in [0.2, 0.25) is 0 Å². The molecule has 1 heterocycles. The second kappa shape index (κ2) is 4.75. The molecule has 0 amide bonds. The summed E-state index contributed by atoms with van der Waals surface area (Å²) >= 11 is 0. The van der Waals surface area contributed by atoms with E-state index in [0.29, 0.717) is 12.0 Å². The third-order valence-corrected chi connectivity index (χ3v) is 2.85. The monoisotopic (exact) mass is 209 g/mol. The van der Waals surface area contributed by atoms with Crippen molar-refractivity contribution in [1.29, 1.82) is 0 Å². The second-order valence-electron chi connectivity index (χ2n) is 4.46. The molecule has 84 valence electrons. The van der Waals surface area contributed by atoms with E-state index in [2.05, 4.69) is 29.4 Å². The van der Waals surface area contributed by atoms with Crippen molar-refractivity contribution in [1.82, 2.24) is 15.5 Å². The zero-order valence-corrected chi connectivity index (χ0v) is 9.49. The minimum Gasteiger partial charge on any atom is -0.424 e. The van der Waals surface area contributed by atoms with Gasteiger partial charge in [0.2, 0.25) is 11.8 Å². The first-order valence-electron chi connectivity index (χ1n) is 5.82. The molecule has 1 N–H and O–H groups in total. The maximum Gasteiger partial charge on any atom is 0.230 e. The molecule has 1 fully saturated rings. The Labute approximate surface area is 90.5 Å². The number of aromatic nitrogens is 2. The number of hydrogen-bond acceptors (Lipinski definition) is 4. The van der Waals surface area contributed by atoms with Gasteiger partial charge in [-0.2, -0.15) is 0 Å². The summed E-state index contributed by atoms with van der Waals surface area (Å²) in [4.78, 5) is 0. The van der Waals surface area contributed by atoms with Gasteiger partial charge in [-0.05, 0) is 18.8 Å². The molecule has 1 unspecified atom stereocenters. The van der Waals surface area contributed by atoms with E-state index in [1.165, 1.54) is 12.8 Å². The molecule has 0 saturated heterocycles. The Bertz CT molecular complexity index is 307. The van der Waals surface area contributed by atoms with E-state index in [-0.39, 0.29) is 0 Å². The van der Waals surface area contributed by atoms with Crippen LogP contribution in [-0.4, -0.2) is 16.2 Å². The quantitative estimate of drug-likeness (QED) is 0.777. The van der Waals surface area contributed by atoms with Crippen LogP contribution in [0.5, 0.6) is 0 Å². The summed E-state index contributed by atoms with van der Waals surface area (Å²) in [6.45, 7) is 5.10. The molecule has 4 heteroatoms. The summed E-state index contributed by atoms with van der Waals surface area (Å²) in [5, 5.41) is 11.4. The van der Waals surface area contributed by atoms with Crippen LogP contribution in [0.25, 0.3) is 0 Å². The maximum atomic E-state index is 5.55. The standard InChI is InChI=1S/C11H19N3O/c1-3-8(2)6-10-13-14-11(15-10)7-12-9-4-5-9/h8-9,12H,3-7H2,1-2H3. The van der Waals surface area contributed by atoms with Gasteiger partial charge in [0, 0.05) is 12.5 Å². The minimum atomic E-state index is 0.620. The van der Waals surface area contributed by atoms with E-state index in [9.17, 15) is 0 Å². The maximum absolute atomic E-state index is 5.55. The highest BCUT2D eigenvalue weighted by atomic mass is 16.4. The normalized spacial score (nSPS) is 18.0. The van der Waals surface area contributed by atoms with Crippen LogP contribution in [-0.2, 0) is 13.0 Å². The molecule has 0 aromatic carbocycles. The Morgan fingerprint density at radius 2 is 2.13 bits per heavy atom. The molecule has 1 aromatic rings. The van der Waals surface area contributed by atoms with Gasteiger partial charge < -0.3 is 9.73 Å². The van der Waals surface area contributed by atoms with Gasteiger partial charge in [-0.1, -0.05) is 20.3 Å². The van der Waals surface area contributed by atoms with E-state index in [1.807, 2.05) is 0 Å². The van der Waals surface area contributed by atoms with Crippen LogP contribution < -0.4 is 5.32 Å². The van der Waals surface area contributed by atoms with E-state index < -0.39 is 0 Å². The zero-order valence-electron chi connectivity index (χ0n) is 9.49. The summed E-state index contributed by atoms with van der Waals surface area (Å²) in [5.41, 5.74) is 0. The zero-order chi connectivity index (χ0) is 10.7. The Morgan fingerprint density at radius 1 is 1.40 bits per heavy atom. The SMILES string of the molecule is CCC(C)Cc1nnc(CNC2CC2)o1. The Kier molecular flexibility index (Phi) is 3.36. The lowest BCUT2D eigenvalue weighted by atomic mass is 10.1. The first-order valence-corrected chi connectivity index (χ1v) is 5.82. The molecular formula is C11H19N3O. The molecule has 1 atom stereocenters. The van der Waals surface area contributed by atoms with Crippen molar-refractivity contribution in [3.63, 3.8) is 0 Å². The predicted molar refractivity (Wildman–Crippen MR) is 57.3 cm³/mol. The summed E-state index contributed by atoms with van der Waals surface area (Å²) in [6.07, 6.45) is 4.62. The summed E-state index contributed by atoms with van der Waals surface area (Å²) in [7, 11) is 0. The summed E-state index contributed by atoms with van der Waals surface area (Å²) in [5.74, 6) is 2.12. The largest absolute Gasteiger partial charge is 0.424 e. The summed E-state index contributed by atoms with van der Waals surface area (Å²) in [6, 6.07) is 0.690. The number of rotatable bonds is 6. The van der Waals surface area contributed by atoms with Crippen LogP contribution >= 0.6 is 0 Å². The highest BCUT2D eigenvalue weighted by Gasteiger charge is 2.21. The van der Waals surface area contributed by atoms with E-state index >= 15 is 0 Å². The average molecular weight is 209 g/mol. The second-order valence-corrected chi connectivity index (χ2v) is 4.46. The number of hydrogen-bond donors (Lipinski definition) is 1. The molecule has 4 nitrogen and oxygen atoms in total. The first-order chi connectivity index (χ1) is 7.28. The number of nitrogens with one attached hydrogen (secondary N) is 1. The Hall–Kier alpha value is -0.900. The van der Waals surface area contributed by atoms with Gasteiger partial charge in [0.1, 0.15) is 0 Å². The molecule has 1 aliphatic rings. The van der Waals surface area contributed by atoms with Crippen molar-refractivity contribution in [2.24, 2.45) is 5.92 Å². The predicted octanol–water partition coefficient (Wildman–Crippen LogP) is 1.91. The van der Waals surface area contributed by atoms with Gasteiger partial charge in [0.25, 0.3) is 0 Å². The van der Waals surface area contributed by atoms with Crippen LogP contribution in [0.3, 0.4) is 0 Å². The van der Waals surface area contributed by atoms with E-state index in [4.69, 9.17) is 4.42 Å². The fraction of sp³-hybridized carbons (Fsp3) is 0.818. The fourth-order valence-electron chi connectivity index (χ4n) is 1.40. The van der Waals surface area contributed by atoms with Crippen molar-refractivity contribution in [3.05, 3.63) is 11.8 Å². The van der Waals surface area contributed by atoms with Crippen molar-refractivity contribution < 1.29 is 4.42 Å².